The van der Waals surface area contributed by atoms with Crippen LogP contribution >= 0.6 is 0 Å². The lowest BCUT2D eigenvalue weighted by molar-refractivity contribution is -0.321. The van der Waals surface area contributed by atoms with Crippen molar-refractivity contribution in [2.75, 3.05) is 47.9 Å². The van der Waals surface area contributed by atoms with E-state index in [1.54, 1.807) is 34.6 Å². The van der Waals surface area contributed by atoms with Gasteiger partial charge in [0.15, 0.2) is 12.6 Å². The number of nitrogens with zero attached hydrogens (tertiary/aromatic N) is 2. The number of ether oxygens (including phenoxy) is 7. The largest absolute Gasteiger partial charge is 0.459 e. The molecule has 56 heavy (non-hydrogen) atoms. The lowest BCUT2D eigenvalue weighted by Gasteiger charge is -2.49. The Morgan fingerprint density at radius 1 is 0.964 bits per heavy atom. The first kappa shape index (κ1) is 49.3. The molecule has 0 amide bonds. The molecule has 330 valence electrons. The Kier molecular flexibility index (Phi) is 18.0. The fourth-order valence-electron chi connectivity index (χ4n) is 9.21. The van der Waals surface area contributed by atoms with Crippen LogP contribution in [0, 0.1) is 17.8 Å². The van der Waals surface area contributed by atoms with Gasteiger partial charge in [-0.05, 0) is 108 Å². The summed E-state index contributed by atoms with van der Waals surface area (Å²) in [6, 6.07) is -0.600. The molecular weight excluding hydrogens is 726 g/mol. The lowest BCUT2D eigenvalue weighted by atomic mass is 9.77. The predicted octanol–water partition coefficient (Wildman–Crippen LogP) is 2.27. The van der Waals surface area contributed by atoms with E-state index in [0.717, 1.165) is 0 Å². The minimum atomic E-state index is -1.80. The Morgan fingerprint density at radius 2 is 1.61 bits per heavy atom. The van der Waals surface area contributed by atoms with Gasteiger partial charge in [-0.1, -0.05) is 20.8 Å². The summed E-state index contributed by atoms with van der Waals surface area (Å²) in [6.45, 7) is 19.2. The number of carbonyl (C=O) groups excluding carboxylic acids is 1. The minimum absolute atomic E-state index is 0.0699. The van der Waals surface area contributed by atoms with Gasteiger partial charge in [-0.15, -0.1) is 0 Å². The van der Waals surface area contributed by atoms with Gasteiger partial charge in [0, 0.05) is 44.7 Å². The Hall–Kier alpha value is -1.05. The topological polar surface area (TPSA) is 195 Å². The van der Waals surface area contributed by atoms with Crippen molar-refractivity contribution in [3.05, 3.63) is 0 Å². The summed E-state index contributed by atoms with van der Waals surface area (Å²) in [4.78, 5) is 18.4. The normalized spacial score (nSPS) is 46.9. The highest BCUT2D eigenvalue weighted by atomic mass is 16.7. The van der Waals surface area contributed by atoms with Gasteiger partial charge >= 0.3 is 5.97 Å². The van der Waals surface area contributed by atoms with E-state index in [9.17, 15) is 25.2 Å². The molecule has 15 heteroatoms. The molecule has 0 spiro atoms. The Morgan fingerprint density at radius 3 is 2.18 bits per heavy atom. The Balaban J connectivity index is 2.21. The van der Waals surface area contributed by atoms with Crippen molar-refractivity contribution < 1.29 is 58.4 Å². The predicted molar refractivity (Wildman–Crippen MR) is 212 cm³/mol. The summed E-state index contributed by atoms with van der Waals surface area (Å²) in [5.74, 6) is -2.50. The number of esters is 1. The maximum Gasteiger partial charge on any atom is 0.311 e. The maximum absolute atomic E-state index is 14.4. The van der Waals surface area contributed by atoms with Crippen molar-refractivity contribution in [2.45, 2.75) is 192 Å². The number of likely N-dealkylation sites (N-methyl/N-ethyl adjacent to an activating group) is 2. The molecular formula is C41H79N3O12. The van der Waals surface area contributed by atoms with Crippen LogP contribution in [0.5, 0.6) is 0 Å². The standard InChI is InChI=1S/C41H79N3O12/c1-15-30-41(10,49)34(45)27(6)44(13)22-23(2)20-39(8,48)36(56-38-33(51-18-16-17-42)29(43(11)12)19-24(3)52-38)25(4)32(26(5)37(47)54-30)55-31-21-40(9,50-14)35(46)28(7)53-31/h23-36,38,45-46,48-49H,15-22,42H2,1-14H3/t23-,24-,25+,26-,27-,28+,29+,30-,31?,32+,33-,34-,35+,36-,38+,39-,40-,41-/m1/s1. The molecule has 3 rings (SSSR count). The van der Waals surface area contributed by atoms with Gasteiger partial charge in [-0.25, -0.2) is 0 Å². The highest BCUT2D eigenvalue weighted by Crippen LogP contribution is 2.40. The number of hydrogen-bond acceptors (Lipinski definition) is 15. The van der Waals surface area contributed by atoms with E-state index < -0.39 is 96.0 Å². The SMILES string of the molecule is CC[C@H]1OC(=O)[C@H](C)[C@@H](OC2C[C@@](C)(OC)[C@@H](O)[C@H](C)O2)[C@H](C)[C@@H](O[C@@H]2O[C@H](C)C[C@H](N(C)C)[C@H]2OCCCN)[C@](C)(O)C[C@@H](C)CN(C)[C@H](C)[C@@H](O)[C@]1(C)O. The molecule has 0 aromatic heterocycles. The molecule has 0 aromatic carbocycles. The molecule has 1 unspecified atom stereocenters. The maximum atomic E-state index is 14.4. The van der Waals surface area contributed by atoms with Crippen LogP contribution in [0.4, 0.5) is 0 Å². The first-order chi connectivity index (χ1) is 25.9. The molecule has 3 saturated heterocycles. The van der Waals surface area contributed by atoms with E-state index in [-0.39, 0.29) is 37.3 Å². The van der Waals surface area contributed by atoms with E-state index >= 15 is 0 Å². The smallest absolute Gasteiger partial charge is 0.311 e. The molecule has 0 aliphatic carbocycles. The molecule has 6 N–H and O–H groups in total. The van der Waals surface area contributed by atoms with Crippen LogP contribution in [-0.2, 0) is 38.0 Å². The lowest BCUT2D eigenvalue weighted by Crippen LogP contribution is -2.61. The number of rotatable bonds is 11. The number of aliphatic hydroxyl groups is 4. The quantitative estimate of drug-likeness (QED) is 0.151. The second kappa shape index (κ2) is 20.5. The van der Waals surface area contributed by atoms with Gasteiger partial charge in [-0.2, -0.15) is 0 Å². The zero-order chi connectivity index (χ0) is 42.5. The fraction of sp³-hybridized carbons (Fsp3) is 0.976. The number of carbonyl (C=O) groups is 1. The molecule has 0 saturated carbocycles. The van der Waals surface area contributed by atoms with Gasteiger partial charge in [0.25, 0.3) is 0 Å². The van der Waals surface area contributed by atoms with Crippen LogP contribution in [-0.4, -0.2) is 174 Å². The van der Waals surface area contributed by atoms with E-state index in [1.807, 2.05) is 53.7 Å². The van der Waals surface area contributed by atoms with Crippen molar-refractivity contribution in [3.63, 3.8) is 0 Å². The molecule has 3 aliphatic rings. The summed E-state index contributed by atoms with van der Waals surface area (Å²) >= 11 is 0. The molecule has 3 heterocycles. The van der Waals surface area contributed by atoms with E-state index in [4.69, 9.17) is 38.9 Å². The van der Waals surface area contributed by atoms with E-state index in [2.05, 4.69) is 4.90 Å². The zero-order valence-corrected chi connectivity index (χ0v) is 36.8. The van der Waals surface area contributed by atoms with Crippen LogP contribution in [0.15, 0.2) is 0 Å². The molecule has 0 bridgehead atoms. The highest BCUT2D eigenvalue weighted by Gasteiger charge is 2.53. The number of nitrogens with two attached hydrogens (primary N) is 1. The van der Waals surface area contributed by atoms with Crippen LogP contribution in [0.2, 0.25) is 0 Å². The van der Waals surface area contributed by atoms with E-state index in [1.165, 1.54) is 14.0 Å². The third-order valence-electron chi connectivity index (χ3n) is 12.8. The van der Waals surface area contributed by atoms with Gasteiger partial charge < -0.3 is 69.1 Å². The second-order valence-corrected chi connectivity index (χ2v) is 18.2. The Labute approximate surface area is 336 Å². The highest BCUT2D eigenvalue weighted by molar-refractivity contribution is 5.73. The van der Waals surface area contributed by atoms with Gasteiger partial charge in [-0.3, -0.25) is 4.79 Å². The number of methoxy groups -OCH3 is 1. The summed E-state index contributed by atoms with van der Waals surface area (Å²) in [7, 11) is 7.37. The molecule has 0 aromatic rings. The summed E-state index contributed by atoms with van der Waals surface area (Å²) in [6.07, 6.45) is -6.49. The summed E-state index contributed by atoms with van der Waals surface area (Å²) < 4.78 is 44.9. The number of hydrogen-bond donors (Lipinski definition) is 5. The first-order valence-electron chi connectivity index (χ1n) is 20.8. The number of cyclic esters (lactones) is 1. The van der Waals surface area contributed by atoms with E-state index in [0.29, 0.717) is 32.5 Å². The van der Waals surface area contributed by atoms with Crippen molar-refractivity contribution in [2.24, 2.45) is 23.5 Å². The van der Waals surface area contributed by atoms with Crippen LogP contribution < -0.4 is 5.73 Å². The molecule has 15 nitrogen and oxygen atoms in total. The van der Waals surface area contributed by atoms with Crippen LogP contribution in [0.1, 0.15) is 101 Å². The Bertz CT molecular complexity index is 1210. The monoisotopic (exact) mass is 806 g/mol. The van der Waals surface area contributed by atoms with Crippen LogP contribution in [0.3, 0.4) is 0 Å². The third-order valence-corrected chi connectivity index (χ3v) is 12.8. The molecule has 18 atom stereocenters. The molecule has 3 fully saturated rings. The second-order valence-electron chi connectivity index (χ2n) is 18.2. The van der Waals surface area contributed by atoms with Crippen molar-refractivity contribution in [3.8, 4) is 0 Å². The average molecular weight is 806 g/mol. The summed E-state index contributed by atoms with van der Waals surface area (Å²) in [5.41, 5.74) is 1.50. The van der Waals surface area contributed by atoms with Crippen molar-refractivity contribution in [1.82, 2.24) is 9.80 Å². The zero-order valence-electron chi connectivity index (χ0n) is 36.8. The van der Waals surface area contributed by atoms with Crippen molar-refractivity contribution in [1.29, 1.82) is 0 Å². The molecule has 0 radical (unpaired) electrons. The van der Waals surface area contributed by atoms with Crippen LogP contribution in [0.25, 0.3) is 0 Å². The minimum Gasteiger partial charge on any atom is -0.459 e. The fourth-order valence-corrected chi connectivity index (χ4v) is 9.21. The average Bonchev–Trinajstić information content (AvgIpc) is 3.12. The summed E-state index contributed by atoms with van der Waals surface area (Å²) in [5, 5.41) is 47.1. The number of aliphatic hydroxyl groups excluding tert-OH is 2. The molecule has 3 aliphatic heterocycles. The first-order valence-corrected chi connectivity index (χ1v) is 20.8. The third kappa shape index (κ3) is 11.6. The van der Waals surface area contributed by atoms with Crippen molar-refractivity contribution >= 4 is 5.97 Å². The van der Waals surface area contributed by atoms with Gasteiger partial charge in [0.1, 0.15) is 30.0 Å². The van der Waals surface area contributed by atoms with Gasteiger partial charge in [0.2, 0.25) is 0 Å². The van der Waals surface area contributed by atoms with Gasteiger partial charge in [0.05, 0.1) is 41.5 Å².